The molecule has 19 heteroatoms. The minimum atomic E-state index is -3.18. The first kappa shape index (κ1) is 41.4. The minimum Gasteiger partial charge on any atom is -0.508 e. The van der Waals surface area contributed by atoms with Crippen molar-refractivity contribution in [1.82, 2.24) is 19.7 Å². The van der Waals surface area contributed by atoms with Crippen LogP contribution < -0.4 is 15.6 Å². The summed E-state index contributed by atoms with van der Waals surface area (Å²) in [5, 5.41) is 81.0. The number of halogens is 2. The second-order valence-corrected chi connectivity index (χ2v) is 15.8. The minimum absolute atomic E-state index is 0.00520. The number of aromatic hydroxyl groups is 1. The summed E-state index contributed by atoms with van der Waals surface area (Å²) < 4.78 is 32.9. The van der Waals surface area contributed by atoms with Gasteiger partial charge < -0.3 is 50.5 Å². The highest BCUT2D eigenvalue weighted by molar-refractivity contribution is 6.25. The van der Waals surface area contributed by atoms with E-state index < -0.39 is 127 Å². The van der Waals surface area contributed by atoms with Crippen molar-refractivity contribution < 1.29 is 63.7 Å². The van der Waals surface area contributed by atoms with Gasteiger partial charge in [-0.1, -0.05) is 12.1 Å². The summed E-state index contributed by atoms with van der Waals surface area (Å²) in [4.78, 5) is 71.2. The highest BCUT2D eigenvalue weighted by Gasteiger charge is 2.70. The first-order chi connectivity index (χ1) is 27.6. The summed E-state index contributed by atoms with van der Waals surface area (Å²) in [6.45, 7) is 4.35. The van der Waals surface area contributed by atoms with E-state index >= 15 is 8.78 Å². The fraction of sp³-hybridized carbons (Fsp3) is 0.425. The molecule has 1 unspecified atom stereocenters. The summed E-state index contributed by atoms with van der Waals surface area (Å²) in [6, 6.07) is 2.56. The summed E-state index contributed by atoms with van der Waals surface area (Å²) in [5.41, 5.74) is -9.87. The number of aliphatic hydroxyl groups is 5. The molecule has 7 atom stereocenters. The molecule has 3 aliphatic carbocycles. The topological polar surface area (TPSA) is 254 Å². The van der Waals surface area contributed by atoms with Gasteiger partial charge in [-0.15, -0.1) is 0 Å². The van der Waals surface area contributed by atoms with E-state index in [1.54, 1.807) is 18.7 Å². The van der Waals surface area contributed by atoms with Crippen LogP contribution in [0.5, 0.6) is 5.75 Å². The van der Waals surface area contributed by atoms with Crippen molar-refractivity contribution >= 4 is 45.8 Å². The van der Waals surface area contributed by atoms with Gasteiger partial charge in [0.05, 0.1) is 58.3 Å². The number of pyridine rings is 1. The predicted molar refractivity (Wildman–Crippen MR) is 204 cm³/mol. The molecule has 0 bridgehead atoms. The van der Waals surface area contributed by atoms with E-state index in [9.17, 15) is 59.7 Å². The summed E-state index contributed by atoms with van der Waals surface area (Å²) in [6.07, 6.45) is -0.991. The number of fused-ring (bicyclic) bond motifs is 4. The second kappa shape index (κ2) is 14.2. The largest absolute Gasteiger partial charge is 0.508 e. The quantitative estimate of drug-likeness (QED) is 0.153. The van der Waals surface area contributed by atoms with Crippen molar-refractivity contribution in [3.05, 3.63) is 85.9 Å². The van der Waals surface area contributed by atoms with Crippen LogP contribution in [0.2, 0.25) is 0 Å². The fourth-order valence-electron chi connectivity index (χ4n) is 9.44. The molecular formula is C40H43F2N5O12. The molecule has 1 aromatic heterocycles. The Morgan fingerprint density at radius 3 is 2.36 bits per heavy atom. The first-order valence-corrected chi connectivity index (χ1v) is 18.8. The summed E-state index contributed by atoms with van der Waals surface area (Å²) in [5.74, 6) is -13.7. The third-order valence-electron chi connectivity index (χ3n) is 12.3. The van der Waals surface area contributed by atoms with Gasteiger partial charge in [-0.3, -0.25) is 29.0 Å². The van der Waals surface area contributed by atoms with Crippen LogP contribution in [-0.2, 0) is 26.5 Å². The number of Topliss-reactive ketones (excluding diaryl/α,β-unsaturated/α-hetero) is 2. The molecule has 314 valence electrons. The molecule has 8 N–H and O–H groups in total. The molecule has 1 saturated carbocycles. The molecule has 4 aliphatic rings. The second-order valence-electron chi connectivity index (χ2n) is 15.8. The highest BCUT2D eigenvalue weighted by atomic mass is 19.1. The molecule has 7 rings (SSSR count). The number of carboxylic acid groups (broad SMARTS) is 1. The Hall–Kier alpha value is -5.73. The van der Waals surface area contributed by atoms with Crippen molar-refractivity contribution in [2.75, 3.05) is 45.3 Å². The number of anilines is 1. The van der Waals surface area contributed by atoms with Crippen LogP contribution in [0, 0.1) is 23.5 Å². The van der Waals surface area contributed by atoms with Gasteiger partial charge in [-0.2, -0.15) is 0 Å². The molecule has 3 aromatic rings. The average molecular weight is 824 g/mol. The number of likely N-dealkylation sites (N-methyl/N-ethyl adjacent to an activating group) is 1. The third kappa shape index (κ3) is 5.85. The van der Waals surface area contributed by atoms with Gasteiger partial charge in [-0.05, 0) is 52.6 Å². The smallest absolute Gasteiger partial charge is 0.341 e. The molecule has 1 amide bonds. The van der Waals surface area contributed by atoms with E-state index in [0.717, 1.165) is 12.3 Å². The van der Waals surface area contributed by atoms with Crippen LogP contribution in [0.3, 0.4) is 0 Å². The molecule has 2 heterocycles. The number of hydrogen-bond acceptors (Lipinski definition) is 14. The molecular weight excluding hydrogens is 780 g/mol. The Morgan fingerprint density at radius 1 is 1.07 bits per heavy atom. The van der Waals surface area contributed by atoms with E-state index in [4.69, 9.17) is 0 Å². The number of ketones is 2. The van der Waals surface area contributed by atoms with Crippen molar-refractivity contribution in [2.24, 2.45) is 11.8 Å². The lowest BCUT2D eigenvalue weighted by Gasteiger charge is -2.55. The lowest BCUT2D eigenvalue weighted by Crippen LogP contribution is -2.72. The van der Waals surface area contributed by atoms with Gasteiger partial charge in [0.2, 0.25) is 11.2 Å². The van der Waals surface area contributed by atoms with Crippen molar-refractivity contribution in [3.63, 3.8) is 0 Å². The number of phenolic OH excluding ortho intramolecular Hbond substituents is 1. The number of amides is 1. The number of rotatable bonds is 7. The molecule has 59 heavy (non-hydrogen) atoms. The predicted octanol–water partition coefficient (Wildman–Crippen LogP) is 0.710. The van der Waals surface area contributed by atoms with E-state index in [1.807, 2.05) is 0 Å². The van der Waals surface area contributed by atoms with E-state index in [-0.39, 0.29) is 49.5 Å². The number of piperazine rings is 1. The summed E-state index contributed by atoms with van der Waals surface area (Å²) in [7, 11) is 2.76. The Balaban J connectivity index is 1.17. The maximum atomic E-state index is 16.1. The molecule has 0 radical (unpaired) electrons. The van der Waals surface area contributed by atoms with Crippen LogP contribution in [0.15, 0.2) is 52.2 Å². The number of nitrogens with zero attached hydrogens (tertiary/aromatic N) is 4. The van der Waals surface area contributed by atoms with Gasteiger partial charge in [0.25, 0.3) is 5.91 Å². The van der Waals surface area contributed by atoms with Crippen LogP contribution in [0.25, 0.3) is 16.7 Å². The number of aromatic carboxylic acids is 1. The van der Waals surface area contributed by atoms with E-state index in [2.05, 4.69) is 5.32 Å². The molecule has 0 spiro atoms. The van der Waals surface area contributed by atoms with Crippen molar-refractivity contribution in [2.45, 2.75) is 56.7 Å². The van der Waals surface area contributed by atoms with Gasteiger partial charge >= 0.3 is 5.97 Å². The maximum absolute atomic E-state index is 16.1. The molecule has 17 nitrogen and oxygen atoms in total. The number of aromatic nitrogens is 1. The Kier molecular flexibility index (Phi) is 9.99. The lowest BCUT2D eigenvalue weighted by atomic mass is 9.53. The number of nitrogens with one attached hydrogen (secondary N) is 1. The lowest BCUT2D eigenvalue weighted by molar-refractivity contribution is -0.181. The number of carbonyl (C=O) groups excluding carboxylic acids is 3. The highest BCUT2D eigenvalue weighted by Crippen LogP contribution is 2.57. The van der Waals surface area contributed by atoms with Crippen LogP contribution in [0.4, 0.5) is 14.5 Å². The number of aryl methyl sites for hydroxylation is 1. The van der Waals surface area contributed by atoms with Crippen LogP contribution in [-0.4, -0.2) is 138 Å². The number of hydrogen-bond donors (Lipinski definition) is 8. The zero-order chi connectivity index (χ0) is 43.4. The number of carboxylic acids is 1. The molecule has 1 saturated heterocycles. The number of carbonyl (C=O) groups is 4. The zero-order valence-electron chi connectivity index (χ0n) is 32.5. The fourth-order valence-corrected chi connectivity index (χ4v) is 9.44. The van der Waals surface area contributed by atoms with Gasteiger partial charge in [0.15, 0.2) is 17.2 Å². The molecule has 2 fully saturated rings. The third-order valence-corrected chi connectivity index (χ3v) is 12.3. The molecule has 1 aliphatic heterocycles. The maximum Gasteiger partial charge on any atom is 0.341 e. The number of benzene rings is 2. The SMILES string of the molecule is CCn1cc(C(=O)O)c(=O)c2cc(F)c(N3CCN(CNC(=O)C4=C(O)[C@@]5(O)C(=O)C6=C(O)c7c(O)cccc7[C@@](C)(O)[C@H]6[C@H](O)[C@H]5[C@H](N(C)C)C4=O)C(C)C3)c(F)c21. The van der Waals surface area contributed by atoms with Crippen LogP contribution in [0.1, 0.15) is 42.3 Å². The van der Waals surface area contributed by atoms with Gasteiger partial charge in [0, 0.05) is 38.4 Å². The van der Waals surface area contributed by atoms with Gasteiger partial charge in [-0.25, -0.2) is 13.6 Å². The Labute approximate surface area is 334 Å². The Bertz CT molecular complexity index is 2500. The first-order valence-electron chi connectivity index (χ1n) is 18.8. The standard InChI is InChI=1S/C40H43F2N5O12/c1-6-45-14-18(38(56)57)31(49)17-12-20(41)29(27(42)28(17)45)46-10-11-47(16(2)13-46)15-43-37(55)24-33(51)30(44(4)5)26-34(52)25-23(35(53)40(26,59)36(24)54)32(50)22-19(39(25,3)58)8-7-9-21(22)48/h7-9,12,14,16,25-26,30,34,48,50,52,54,58-59H,6,10-11,13,15H2,1-5H3,(H,43,55)(H,56,57)/t16?,25-,26-,30+,34+,39-,40+/m1/s1. The number of aliphatic hydroxyl groups excluding tert-OH is 3. The summed E-state index contributed by atoms with van der Waals surface area (Å²) >= 11 is 0. The van der Waals surface area contributed by atoms with E-state index in [0.29, 0.717) is 0 Å². The zero-order valence-corrected chi connectivity index (χ0v) is 32.5. The van der Waals surface area contributed by atoms with Gasteiger partial charge in [0.1, 0.15) is 39.9 Å². The van der Waals surface area contributed by atoms with Crippen LogP contribution >= 0.6 is 0 Å². The average Bonchev–Trinajstić information content (AvgIpc) is 3.16. The van der Waals surface area contributed by atoms with E-state index in [1.165, 1.54) is 53.6 Å². The monoisotopic (exact) mass is 823 g/mol. The Morgan fingerprint density at radius 2 is 1.75 bits per heavy atom. The number of phenols is 1. The molecule has 2 aromatic carbocycles. The normalized spacial score (nSPS) is 28.5. The van der Waals surface area contributed by atoms with Crippen molar-refractivity contribution in [3.8, 4) is 5.75 Å². The van der Waals surface area contributed by atoms with Crippen molar-refractivity contribution in [1.29, 1.82) is 0 Å².